The molecule has 0 spiro atoms. The molecule has 1 heterocycles. The molecular weight excluding hydrogens is 232 g/mol. The van der Waals surface area contributed by atoms with Gasteiger partial charge in [-0.2, -0.15) is 5.10 Å². The minimum absolute atomic E-state index is 0.0620. The van der Waals surface area contributed by atoms with Gasteiger partial charge < -0.3 is 10.6 Å². The Hall–Kier alpha value is -1.85. The van der Waals surface area contributed by atoms with E-state index in [9.17, 15) is 9.59 Å². The smallest absolute Gasteiger partial charge is 0.227 e. The molecule has 18 heavy (non-hydrogen) atoms. The summed E-state index contributed by atoms with van der Waals surface area (Å²) in [6.45, 7) is 7.67. The minimum Gasteiger partial charge on any atom is -0.355 e. The largest absolute Gasteiger partial charge is 0.355 e. The molecule has 0 fully saturated rings. The van der Waals surface area contributed by atoms with Crippen LogP contribution in [-0.4, -0.2) is 28.6 Å². The molecule has 2 amide bonds. The minimum atomic E-state index is -0.434. The lowest BCUT2D eigenvalue weighted by atomic mass is 9.96. The zero-order valence-electron chi connectivity index (χ0n) is 11.3. The predicted molar refractivity (Wildman–Crippen MR) is 69.0 cm³/mol. The number of aryl methyl sites for hydroxylation is 1. The van der Waals surface area contributed by atoms with Crippen LogP contribution in [0, 0.1) is 12.3 Å². The summed E-state index contributed by atoms with van der Waals surface area (Å²) in [7, 11) is 0. The molecule has 0 aliphatic carbocycles. The second-order valence-corrected chi connectivity index (χ2v) is 5.23. The van der Waals surface area contributed by atoms with Crippen LogP contribution >= 0.6 is 0 Å². The molecule has 0 saturated carbocycles. The van der Waals surface area contributed by atoms with Crippen LogP contribution in [0.3, 0.4) is 0 Å². The lowest BCUT2D eigenvalue weighted by Crippen LogP contribution is -2.36. The van der Waals surface area contributed by atoms with E-state index in [4.69, 9.17) is 0 Å². The van der Waals surface area contributed by atoms with Crippen molar-refractivity contribution in [2.24, 2.45) is 5.41 Å². The number of anilines is 1. The number of amides is 2. The molecular formula is C12H20N4O2. The van der Waals surface area contributed by atoms with Gasteiger partial charge in [0.1, 0.15) is 5.82 Å². The maximum Gasteiger partial charge on any atom is 0.227 e. The topological polar surface area (TPSA) is 86.9 Å². The average molecular weight is 252 g/mol. The number of carbonyl (C=O) groups excluding carboxylic acids is 2. The Morgan fingerprint density at radius 1 is 1.39 bits per heavy atom. The molecule has 0 aliphatic rings. The molecule has 0 saturated heterocycles. The van der Waals surface area contributed by atoms with E-state index in [1.807, 2.05) is 27.7 Å². The van der Waals surface area contributed by atoms with Gasteiger partial charge in [-0.05, 0) is 6.92 Å². The van der Waals surface area contributed by atoms with Crippen molar-refractivity contribution in [3.8, 4) is 0 Å². The van der Waals surface area contributed by atoms with Crippen molar-refractivity contribution in [2.75, 3.05) is 11.9 Å². The van der Waals surface area contributed by atoms with E-state index in [0.29, 0.717) is 12.4 Å². The first-order chi connectivity index (χ1) is 8.30. The van der Waals surface area contributed by atoms with Crippen molar-refractivity contribution in [1.29, 1.82) is 0 Å². The van der Waals surface area contributed by atoms with Crippen LogP contribution in [0.2, 0.25) is 0 Å². The van der Waals surface area contributed by atoms with E-state index in [2.05, 4.69) is 20.8 Å². The first-order valence-electron chi connectivity index (χ1n) is 5.89. The second-order valence-electron chi connectivity index (χ2n) is 5.23. The molecule has 0 radical (unpaired) electrons. The van der Waals surface area contributed by atoms with Gasteiger partial charge in [-0.15, -0.1) is 0 Å². The number of rotatable bonds is 4. The molecule has 6 nitrogen and oxygen atoms in total. The normalized spacial score (nSPS) is 11.1. The monoisotopic (exact) mass is 252 g/mol. The highest BCUT2D eigenvalue weighted by atomic mass is 16.2. The fraction of sp³-hybridized carbons (Fsp3) is 0.583. The number of aromatic amines is 1. The number of H-pyrrole nitrogens is 1. The number of nitrogens with zero attached hydrogens (tertiary/aromatic N) is 1. The quantitative estimate of drug-likeness (QED) is 0.752. The summed E-state index contributed by atoms with van der Waals surface area (Å²) in [4.78, 5) is 23.1. The Bertz CT molecular complexity index is 432. The van der Waals surface area contributed by atoms with Crippen LogP contribution < -0.4 is 10.6 Å². The lowest BCUT2D eigenvalue weighted by Gasteiger charge is -2.17. The molecule has 0 atom stereocenters. The third-order valence-electron chi connectivity index (χ3n) is 2.41. The molecule has 0 aromatic carbocycles. The number of hydrogen-bond donors (Lipinski definition) is 3. The van der Waals surface area contributed by atoms with Crippen molar-refractivity contribution in [3.63, 3.8) is 0 Å². The molecule has 1 aromatic rings. The van der Waals surface area contributed by atoms with E-state index in [-0.39, 0.29) is 18.2 Å². The number of nitrogens with one attached hydrogen (secondary N) is 3. The average Bonchev–Trinajstić information content (AvgIpc) is 2.63. The molecule has 100 valence electrons. The Morgan fingerprint density at radius 3 is 2.56 bits per heavy atom. The van der Waals surface area contributed by atoms with Gasteiger partial charge in [0.15, 0.2) is 0 Å². The molecule has 3 N–H and O–H groups in total. The van der Waals surface area contributed by atoms with Gasteiger partial charge in [0.2, 0.25) is 11.8 Å². The summed E-state index contributed by atoms with van der Waals surface area (Å²) in [5.41, 5.74) is 0.443. The Balaban J connectivity index is 2.31. The Morgan fingerprint density at radius 2 is 2.06 bits per heavy atom. The molecule has 6 heteroatoms. The van der Waals surface area contributed by atoms with Crippen molar-refractivity contribution in [2.45, 2.75) is 34.1 Å². The van der Waals surface area contributed by atoms with E-state index in [1.54, 1.807) is 6.20 Å². The zero-order valence-corrected chi connectivity index (χ0v) is 11.3. The number of carbonyl (C=O) groups is 2. The first-order valence-corrected chi connectivity index (χ1v) is 5.89. The summed E-state index contributed by atoms with van der Waals surface area (Å²) < 4.78 is 0. The van der Waals surface area contributed by atoms with Crippen LogP contribution in [0.15, 0.2) is 6.20 Å². The van der Waals surface area contributed by atoms with Gasteiger partial charge in [0, 0.05) is 23.9 Å². The van der Waals surface area contributed by atoms with Crippen molar-refractivity contribution >= 4 is 17.6 Å². The first kappa shape index (κ1) is 14.2. The van der Waals surface area contributed by atoms with Crippen molar-refractivity contribution in [3.05, 3.63) is 11.8 Å². The fourth-order valence-corrected chi connectivity index (χ4v) is 1.23. The van der Waals surface area contributed by atoms with Gasteiger partial charge in [-0.3, -0.25) is 14.7 Å². The van der Waals surface area contributed by atoms with Crippen molar-refractivity contribution < 1.29 is 9.59 Å². The van der Waals surface area contributed by atoms with Gasteiger partial charge >= 0.3 is 0 Å². The Labute approximate surface area is 107 Å². The maximum absolute atomic E-state index is 11.6. The number of aromatic nitrogens is 2. The van der Waals surface area contributed by atoms with Crippen LogP contribution in [0.5, 0.6) is 0 Å². The maximum atomic E-state index is 11.6. The fourth-order valence-electron chi connectivity index (χ4n) is 1.23. The summed E-state index contributed by atoms with van der Waals surface area (Å²) in [6, 6.07) is 0. The van der Waals surface area contributed by atoms with Crippen molar-refractivity contribution in [1.82, 2.24) is 15.5 Å². The third kappa shape index (κ3) is 4.20. The van der Waals surface area contributed by atoms with E-state index >= 15 is 0 Å². The lowest BCUT2D eigenvalue weighted by molar-refractivity contribution is -0.128. The Kier molecular flexibility index (Phi) is 4.47. The highest BCUT2D eigenvalue weighted by molar-refractivity contribution is 5.91. The summed E-state index contributed by atoms with van der Waals surface area (Å²) in [5, 5.41) is 11.9. The van der Waals surface area contributed by atoms with Crippen LogP contribution in [0.4, 0.5) is 5.82 Å². The molecule has 0 bridgehead atoms. The van der Waals surface area contributed by atoms with Gasteiger partial charge in [0.25, 0.3) is 0 Å². The van der Waals surface area contributed by atoms with Crippen LogP contribution in [0.25, 0.3) is 0 Å². The standard InChI is InChI=1S/C12H20N4O2/c1-8-7-14-16-10(8)15-9(17)5-6-13-11(18)12(2,3)4/h7H,5-6H2,1-4H3,(H,13,18)(H2,14,15,16,17). The van der Waals surface area contributed by atoms with E-state index in [1.165, 1.54) is 0 Å². The summed E-state index contributed by atoms with van der Waals surface area (Å²) in [6.07, 6.45) is 1.87. The van der Waals surface area contributed by atoms with Crippen LogP contribution in [0.1, 0.15) is 32.8 Å². The molecule has 0 unspecified atom stereocenters. The van der Waals surface area contributed by atoms with Gasteiger partial charge in [0.05, 0.1) is 6.20 Å². The van der Waals surface area contributed by atoms with E-state index < -0.39 is 5.41 Å². The molecule has 1 rings (SSSR count). The molecule has 0 aliphatic heterocycles. The zero-order chi connectivity index (χ0) is 13.8. The van der Waals surface area contributed by atoms with E-state index in [0.717, 1.165) is 5.56 Å². The van der Waals surface area contributed by atoms with Gasteiger partial charge in [-0.1, -0.05) is 20.8 Å². The SMILES string of the molecule is Cc1cn[nH]c1NC(=O)CCNC(=O)C(C)(C)C. The highest BCUT2D eigenvalue weighted by Crippen LogP contribution is 2.12. The number of hydrogen-bond acceptors (Lipinski definition) is 3. The van der Waals surface area contributed by atoms with Gasteiger partial charge in [-0.25, -0.2) is 0 Å². The summed E-state index contributed by atoms with van der Waals surface area (Å²) >= 11 is 0. The summed E-state index contributed by atoms with van der Waals surface area (Å²) in [5.74, 6) is 0.381. The third-order valence-corrected chi connectivity index (χ3v) is 2.41. The second kappa shape index (κ2) is 5.66. The highest BCUT2D eigenvalue weighted by Gasteiger charge is 2.20. The van der Waals surface area contributed by atoms with Crippen LogP contribution in [-0.2, 0) is 9.59 Å². The molecule has 1 aromatic heterocycles. The predicted octanol–water partition coefficient (Wildman–Crippen LogP) is 1.21.